The van der Waals surface area contributed by atoms with Crippen molar-refractivity contribution >= 4 is 33.2 Å². The molecule has 1 aromatic carbocycles. The van der Waals surface area contributed by atoms with E-state index >= 15 is 0 Å². The van der Waals surface area contributed by atoms with Crippen LogP contribution >= 0.6 is 23.2 Å². The number of nitrogens with zero attached hydrogens (tertiary/aromatic N) is 2. The Hall–Kier alpha value is -0.410. The van der Waals surface area contributed by atoms with Gasteiger partial charge in [-0.3, -0.25) is 4.90 Å². The first-order chi connectivity index (χ1) is 11.7. The molecule has 25 heavy (non-hydrogen) atoms. The molecule has 0 spiro atoms. The molecule has 0 aromatic heterocycles. The molecule has 0 bridgehead atoms. The molecular formula is C16H24Cl2N2O4S. The summed E-state index contributed by atoms with van der Waals surface area (Å²) >= 11 is 11.9. The fourth-order valence-electron chi connectivity index (χ4n) is 2.62. The SMILES string of the molecule is CC(C)OCC(O)CN1CCN(S(=O)(=O)c2cc(Cl)ccc2Cl)CC1. The summed E-state index contributed by atoms with van der Waals surface area (Å²) in [6, 6.07) is 4.41. The second-order valence-electron chi connectivity index (χ2n) is 6.32. The summed E-state index contributed by atoms with van der Waals surface area (Å²) in [7, 11) is -3.69. The lowest BCUT2D eigenvalue weighted by Crippen LogP contribution is -2.50. The average Bonchev–Trinajstić information content (AvgIpc) is 2.55. The summed E-state index contributed by atoms with van der Waals surface area (Å²) in [5.74, 6) is 0. The van der Waals surface area contributed by atoms with Gasteiger partial charge in [0, 0.05) is 37.7 Å². The molecule has 2 rings (SSSR count). The lowest BCUT2D eigenvalue weighted by Gasteiger charge is -2.35. The molecule has 1 N–H and O–H groups in total. The third-order valence-corrected chi connectivity index (χ3v) is 6.55. The fraction of sp³-hybridized carbons (Fsp3) is 0.625. The van der Waals surface area contributed by atoms with Crippen molar-refractivity contribution in [3.8, 4) is 0 Å². The molecule has 142 valence electrons. The van der Waals surface area contributed by atoms with Crippen molar-refractivity contribution in [3.63, 3.8) is 0 Å². The number of ether oxygens (including phenoxy) is 1. The highest BCUT2D eigenvalue weighted by Gasteiger charge is 2.30. The van der Waals surface area contributed by atoms with Gasteiger partial charge in [-0.1, -0.05) is 23.2 Å². The highest BCUT2D eigenvalue weighted by Crippen LogP contribution is 2.28. The Morgan fingerprint density at radius 1 is 1.20 bits per heavy atom. The van der Waals surface area contributed by atoms with Gasteiger partial charge in [0.15, 0.2) is 0 Å². The van der Waals surface area contributed by atoms with Crippen LogP contribution in [0.2, 0.25) is 10.0 Å². The van der Waals surface area contributed by atoms with Gasteiger partial charge < -0.3 is 9.84 Å². The van der Waals surface area contributed by atoms with E-state index in [9.17, 15) is 13.5 Å². The molecule has 0 amide bonds. The van der Waals surface area contributed by atoms with Gasteiger partial charge in [0.25, 0.3) is 0 Å². The number of β-amino-alcohol motifs (C(OH)–C–C–N with tert-alkyl or cyclic N) is 1. The van der Waals surface area contributed by atoms with Crippen molar-refractivity contribution in [3.05, 3.63) is 28.2 Å². The van der Waals surface area contributed by atoms with Gasteiger partial charge >= 0.3 is 0 Å². The highest BCUT2D eigenvalue weighted by atomic mass is 35.5. The summed E-state index contributed by atoms with van der Waals surface area (Å²) < 4.78 is 32.3. The van der Waals surface area contributed by atoms with Crippen LogP contribution < -0.4 is 0 Å². The van der Waals surface area contributed by atoms with Crippen LogP contribution in [0.3, 0.4) is 0 Å². The largest absolute Gasteiger partial charge is 0.389 e. The first-order valence-electron chi connectivity index (χ1n) is 8.17. The van der Waals surface area contributed by atoms with E-state index in [0.717, 1.165) is 0 Å². The van der Waals surface area contributed by atoms with Crippen LogP contribution in [0.15, 0.2) is 23.1 Å². The summed E-state index contributed by atoms with van der Waals surface area (Å²) in [5.41, 5.74) is 0. The Bertz CT molecular complexity index is 677. The number of rotatable bonds is 7. The lowest BCUT2D eigenvalue weighted by atomic mass is 10.3. The van der Waals surface area contributed by atoms with Gasteiger partial charge in [0.2, 0.25) is 10.0 Å². The van der Waals surface area contributed by atoms with Crippen molar-refractivity contribution in [1.29, 1.82) is 0 Å². The topological polar surface area (TPSA) is 70.1 Å². The molecule has 1 aliphatic heterocycles. The molecule has 1 heterocycles. The molecule has 1 unspecified atom stereocenters. The Kier molecular flexibility index (Phi) is 7.52. The minimum absolute atomic E-state index is 0.0282. The van der Waals surface area contributed by atoms with Crippen molar-refractivity contribution in [2.24, 2.45) is 0 Å². The van der Waals surface area contributed by atoms with Crippen LogP contribution in [0.25, 0.3) is 0 Å². The molecule has 0 aliphatic carbocycles. The molecule has 0 radical (unpaired) electrons. The number of benzene rings is 1. The van der Waals surface area contributed by atoms with E-state index in [2.05, 4.69) is 0 Å². The summed E-state index contributed by atoms with van der Waals surface area (Å²) in [6.45, 7) is 6.31. The van der Waals surface area contributed by atoms with Crippen LogP contribution in [0, 0.1) is 0 Å². The standard InChI is InChI=1S/C16H24Cl2N2O4S/c1-12(2)24-11-14(21)10-19-5-7-20(8-6-19)25(22,23)16-9-13(17)3-4-15(16)18/h3-4,9,12,14,21H,5-8,10-11H2,1-2H3. The van der Waals surface area contributed by atoms with Crippen molar-refractivity contribution in [2.75, 3.05) is 39.3 Å². The summed E-state index contributed by atoms with van der Waals surface area (Å²) in [6.07, 6.45) is -0.521. The molecular weight excluding hydrogens is 387 g/mol. The van der Waals surface area contributed by atoms with E-state index < -0.39 is 16.1 Å². The van der Waals surface area contributed by atoms with Gasteiger partial charge in [0.05, 0.1) is 23.8 Å². The number of aliphatic hydroxyl groups is 1. The molecule has 1 aliphatic rings. The van der Waals surface area contributed by atoms with Crippen LogP contribution in [0.4, 0.5) is 0 Å². The molecule has 1 saturated heterocycles. The minimum Gasteiger partial charge on any atom is -0.389 e. The van der Waals surface area contributed by atoms with Gasteiger partial charge in [0.1, 0.15) is 4.90 Å². The van der Waals surface area contributed by atoms with E-state index in [4.69, 9.17) is 27.9 Å². The van der Waals surface area contributed by atoms with Crippen molar-refractivity contribution in [1.82, 2.24) is 9.21 Å². The predicted molar refractivity (Wildman–Crippen MR) is 98.8 cm³/mol. The van der Waals surface area contributed by atoms with Gasteiger partial charge in [-0.25, -0.2) is 8.42 Å². The number of halogens is 2. The highest BCUT2D eigenvalue weighted by molar-refractivity contribution is 7.89. The number of sulfonamides is 1. The normalized spacial score (nSPS) is 18.6. The zero-order valence-corrected chi connectivity index (χ0v) is 16.7. The minimum atomic E-state index is -3.69. The van der Waals surface area contributed by atoms with Crippen LogP contribution in [0.5, 0.6) is 0 Å². The van der Waals surface area contributed by atoms with Crippen molar-refractivity contribution in [2.45, 2.75) is 31.0 Å². The maximum Gasteiger partial charge on any atom is 0.244 e. The van der Waals surface area contributed by atoms with E-state index in [-0.39, 0.29) is 22.6 Å². The number of hydrogen-bond donors (Lipinski definition) is 1. The quantitative estimate of drug-likeness (QED) is 0.744. The number of aliphatic hydroxyl groups excluding tert-OH is 1. The molecule has 0 saturated carbocycles. The van der Waals surface area contributed by atoms with E-state index in [1.807, 2.05) is 18.7 Å². The molecule has 6 nitrogen and oxygen atoms in total. The molecule has 9 heteroatoms. The first-order valence-corrected chi connectivity index (χ1v) is 10.4. The Balaban J connectivity index is 1.94. The maximum absolute atomic E-state index is 12.8. The fourth-order valence-corrected chi connectivity index (χ4v) is 4.78. The molecule has 1 atom stereocenters. The van der Waals surface area contributed by atoms with E-state index in [0.29, 0.717) is 37.7 Å². The third-order valence-electron chi connectivity index (χ3n) is 3.93. The van der Waals surface area contributed by atoms with Gasteiger partial charge in [-0.2, -0.15) is 4.31 Å². The number of hydrogen-bond acceptors (Lipinski definition) is 5. The zero-order chi connectivity index (χ0) is 18.6. The first kappa shape index (κ1) is 20.9. The Morgan fingerprint density at radius 2 is 1.84 bits per heavy atom. The smallest absolute Gasteiger partial charge is 0.244 e. The summed E-state index contributed by atoms with van der Waals surface area (Å²) in [5, 5.41) is 10.5. The van der Waals surface area contributed by atoms with Crippen LogP contribution in [-0.2, 0) is 14.8 Å². The van der Waals surface area contributed by atoms with Crippen LogP contribution in [0.1, 0.15) is 13.8 Å². The Morgan fingerprint density at radius 3 is 2.44 bits per heavy atom. The van der Waals surface area contributed by atoms with Gasteiger partial charge in [-0.05, 0) is 32.0 Å². The summed E-state index contributed by atoms with van der Waals surface area (Å²) in [4.78, 5) is 2.06. The third kappa shape index (κ3) is 5.79. The Labute approximate surface area is 159 Å². The second-order valence-corrected chi connectivity index (χ2v) is 9.07. The second kappa shape index (κ2) is 8.99. The number of piperazine rings is 1. The zero-order valence-electron chi connectivity index (χ0n) is 14.4. The van der Waals surface area contributed by atoms with E-state index in [1.54, 1.807) is 6.07 Å². The monoisotopic (exact) mass is 410 g/mol. The lowest BCUT2D eigenvalue weighted by molar-refractivity contribution is -0.0117. The molecule has 1 fully saturated rings. The van der Waals surface area contributed by atoms with Crippen molar-refractivity contribution < 1.29 is 18.3 Å². The maximum atomic E-state index is 12.8. The average molecular weight is 411 g/mol. The molecule has 1 aromatic rings. The van der Waals surface area contributed by atoms with Gasteiger partial charge in [-0.15, -0.1) is 0 Å². The van der Waals surface area contributed by atoms with Crippen LogP contribution in [-0.4, -0.2) is 74.3 Å². The van der Waals surface area contributed by atoms with E-state index in [1.165, 1.54) is 16.4 Å². The predicted octanol–water partition coefficient (Wildman–Crippen LogP) is 2.09.